The van der Waals surface area contributed by atoms with Crippen LogP contribution in [-0.2, 0) is 0 Å². The molecule has 0 heterocycles. The molecule has 0 N–H and O–H groups in total. The van der Waals surface area contributed by atoms with Crippen LogP contribution in [0.1, 0.15) is 95.5 Å². The highest BCUT2D eigenvalue weighted by molar-refractivity contribution is 5.31. The fraction of sp³-hybridized carbons (Fsp3) is 0.714. The average molecular weight is 413 g/mol. The van der Waals surface area contributed by atoms with Crippen LogP contribution in [0.3, 0.4) is 0 Å². The van der Waals surface area contributed by atoms with Crippen LogP contribution in [-0.4, -0.2) is 6.61 Å². The molecule has 1 aromatic rings. The van der Waals surface area contributed by atoms with Gasteiger partial charge < -0.3 is 4.74 Å². The van der Waals surface area contributed by atoms with Crippen molar-refractivity contribution in [1.29, 1.82) is 0 Å². The summed E-state index contributed by atoms with van der Waals surface area (Å²) in [6.07, 6.45) is 18.3. The Balaban J connectivity index is 1.28. The van der Waals surface area contributed by atoms with Crippen LogP contribution in [0.5, 0.6) is 5.75 Å². The van der Waals surface area contributed by atoms with Crippen molar-refractivity contribution in [3.8, 4) is 5.75 Å². The van der Waals surface area contributed by atoms with Crippen molar-refractivity contribution in [3.63, 3.8) is 0 Å². The molecule has 1 aromatic carbocycles. The second-order valence-corrected chi connectivity index (χ2v) is 10.5. The molecule has 3 saturated carbocycles. The van der Waals surface area contributed by atoms with Gasteiger partial charge in [-0.1, -0.05) is 44.9 Å². The number of halogens is 1. The molecule has 0 spiro atoms. The minimum Gasteiger partial charge on any atom is -0.489 e. The molecule has 3 aliphatic carbocycles. The molecule has 30 heavy (non-hydrogen) atoms. The largest absolute Gasteiger partial charge is 0.489 e. The molecule has 0 radical (unpaired) electrons. The third kappa shape index (κ3) is 5.11. The Kier molecular flexibility index (Phi) is 7.55. The van der Waals surface area contributed by atoms with E-state index in [0.717, 1.165) is 48.0 Å². The fourth-order valence-corrected chi connectivity index (χ4v) is 7.11. The minimum atomic E-state index is -0.0932. The highest BCUT2D eigenvalue weighted by atomic mass is 19.1. The lowest BCUT2D eigenvalue weighted by atomic mass is 9.60. The van der Waals surface area contributed by atoms with E-state index in [2.05, 4.69) is 13.5 Å². The van der Waals surface area contributed by atoms with E-state index in [0.29, 0.717) is 18.3 Å². The summed E-state index contributed by atoms with van der Waals surface area (Å²) in [5.74, 6) is 5.78. The van der Waals surface area contributed by atoms with Crippen molar-refractivity contribution < 1.29 is 9.13 Å². The number of benzene rings is 1. The van der Waals surface area contributed by atoms with Gasteiger partial charge in [-0.25, -0.2) is 4.39 Å². The molecule has 0 saturated heterocycles. The van der Waals surface area contributed by atoms with Crippen molar-refractivity contribution in [2.45, 2.75) is 89.9 Å². The molecule has 0 aliphatic heterocycles. The maximum absolute atomic E-state index is 14.7. The predicted molar refractivity (Wildman–Crippen MR) is 123 cm³/mol. The third-order valence-corrected chi connectivity index (χ3v) is 8.68. The highest BCUT2D eigenvalue weighted by Crippen LogP contribution is 2.50. The summed E-state index contributed by atoms with van der Waals surface area (Å²) in [5.41, 5.74) is 0.900. The first-order chi connectivity index (χ1) is 14.7. The van der Waals surface area contributed by atoms with E-state index >= 15 is 0 Å². The minimum absolute atomic E-state index is 0.0932. The molecule has 0 amide bonds. The summed E-state index contributed by atoms with van der Waals surface area (Å²) in [6.45, 7) is 6.42. The Morgan fingerprint density at radius 2 is 1.60 bits per heavy atom. The SMILES string of the molecule is C=CCOc1ccc(C2CCC(C3CCC4CC(CCC)CCC4C3)CC2)c(F)c1. The van der Waals surface area contributed by atoms with Crippen LogP contribution < -0.4 is 4.74 Å². The van der Waals surface area contributed by atoms with Gasteiger partial charge in [-0.3, -0.25) is 0 Å². The average Bonchev–Trinajstić information content (AvgIpc) is 2.78. The first-order valence-electron chi connectivity index (χ1n) is 12.7. The standard InChI is InChI=1S/C28H41FO/c1-3-5-20-6-7-25-18-24(13-12-23(25)17-20)21-8-10-22(11-9-21)27-15-14-26(19-28(27)29)30-16-4-2/h4,14-15,19-25H,2-3,5-13,16-18H2,1H3. The summed E-state index contributed by atoms with van der Waals surface area (Å²) in [5, 5.41) is 0. The molecule has 0 bridgehead atoms. The lowest BCUT2D eigenvalue weighted by molar-refractivity contribution is 0.0617. The van der Waals surface area contributed by atoms with E-state index in [-0.39, 0.29) is 5.82 Å². The summed E-state index contributed by atoms with van der Waals surface area (Å²) in [4.78, 5) is 0. The van der Waals surface area contributed by atoms with Crippen LogP contribution in [0, 0.1) is 35.4 Å². The smallest absolute Gasteiger partial charge is 0.130 e. The molecule has 166 valence electrons. The third-order valence-electron chi connectivity index (χ3n) is 8.68. The summed E-state index contributed by atoms with van der Waals surface area (Å²) in [6, 6.07) is 5.43. The van der Waals surface area contributed by atoms with Gasteiger partial charge in [-0.05, 0) is 105 Å². The Morgan fingerprint density at radius 1 is 0.933 bits per heavy atom. The molecule has 4 atom stereocenters. The second kappa shape index (κ2) is 10.3. The summed E-state index contributed by atoms with van der Waals surface area (Å²) < 4.78 is 20.2. The van der Waals surface area contributed by atoms with E-state index in [4.69, 9.17) is 4.74 Å². The normalized spacial score (nSPS) is 34.2. The Morgan fingerprint density at radius 3 is 2.30 bits per heavy atom. The van der Waals surface area contributed by atoms with Crippen molar-refractivity contribution in [2.24, 2.45) is 29.6 Å². The quantitative estimate of drug-likeness (QED) is 0.409. The van der Waals surface area contributed by atoms with Crippen LogP contribution in [0.25, 0.3) is 0 Å². The Hall–Kier alpha value is -1.31. The lowest BCUT2D eigenvalue weighted by Gasteiger charge is -2.45. The van der Waals surface area contributed by atoms with Crippen LogP contribution in [0.15, 0.2) is 30.9 Å². The first-order valence-corrected chi connectivity index (χ1v) is 12.7. The van der Waals surface area contributed by atoms with Crippen molar-refractivity contribution in [3.05, 3.63) is 42.2 Å². The van der Waals surface area contributed by atoms with Gasteiger partial charge in [0.1, 0.15) is 18.2 Å². The number of fused-ring (bicyclic) bond motifs is 1. The summed E-state index contributed by atoms with van der Waals surface area (Å²) >= 11 is 0. The van der Waals surface area contributed by atoms with Crippen molar-refractivity contribution in [2.75, 3.05) is 6.61 Å². The molecule has 3 fully saturated rings. The van der Waals surface area contributed by atoms with Crippen LogP contribution in [0.4, 0.5) is 4.39 Å². The molecular weight excluding hydrogens is 371 g/mol. The lowest BCUT2D eigenvalue weighted by Crippen LogP contribution is -2.34. The maximum atomic E-state index is 14.7. The second-order valence-electron chi connectivity index (χ2n) is 10.5. The number of hydrogen-bond acceptors (Lipinski definition) is 1. The van der Waals surface area contributed by atoms with Gasteiger partial charge in [0.15, 0.2) is 0 Å². The maximum Gasteiger partial charge on any atom is 0.130 e. The van der Waals surface area contributed by atoms with E-state index in [1.165, 1.54) is 64.2 Å². The fourth-order valence-electron chi connectivity index (χ4n) is 7.11. The molecule has 2 heteroatoms. The predicted octanol–water partition coefficient (Wildman–Crippen LogP) is 8.30. The van der Waals surface area contributed by atoms with Gasteiger partial charge in [0.05, 0.1) is 0 Å². The van der Waals surface area contributed by atoms with E-state index in [1.54, 1.807) is 12.1 Å². The van der Waals surface area contributed by atoms with Gasteiger partial charge in [0, 0.05) is 6.07 Å². The number of hydrogen-bond donors (Lipinski definition) is 0. The van der Waals surface area contributed by atoms with Crippen molar-refractivity contribution in [1.82, 2.24) is 0 Å². The Bertz CT molecular complexity index is 690. The van der Waals surface area contributed by atoms with Gasteiger partial charge in [-0.15, -0.1) is 0 Å². The highest BCUT2D eigenvalue weighted by Gasteiger charge is 2.38. The monoisotopic (exact) mass is 412 g/mol. The van der Waals surface area contributed by atoms with Gasteiger partial charge in [-0.2, -0.15) is 0 Å². The van der Waals surface area contributed by atoms with Crippen LogP contribution >= 0.6 is 0 Å². The topological polar surface area (TPSA) is 9.23 Å². The van der Waals surface area contributed by atoms with Crippen molar-refractivity contribution >= 4 is 0 Å². The zero-order valence-corrected chi connectivity index (χ0v) is 19.0. The van der Waals surface area contributed by atoms with Gasteiger partial charge in [0.25, 0.3) is 0 Å². The molecular formula is C28H41FO. The molecule has 3 aliphatic rings. The molecule has 4 rings (SSSR count). The van der Waals surface area contributed by atoms with E-state index in [1.807, 2.05) is 12.1 Å². The molecule has 0 aromatic heterocycles. The zero-order chi connectivity index (χ0) is 20.9. The van der Waals surface area contributed by atoms with Gasteiger partial charge in [0.2, 0.25) is 0 Å². The number of ether oxygens (including phenoxy) is 1. The first kappa shape index (κ1) is 21.9. The Labute approximate surface area is 183 Å². The van der Waals surface area contributed by atoms with Gasteiger partial charge >= 0.3 is 0 Å². The van der Waals surface area contributed by atoms with E-state index < -0.39 is 0 Å². The zero-order valence-electron chi connectivity index (χ0n) is 19.0. The number of rotatable bonds is 7. The summed E-state index contributed by atoms with van der Waals surface area (Å²) in [7, 11) is 0. The molecule has 4 unspecified atom stereocenters. The van der Waals surface area contributed by atoms with Crippen LogP contribution in [0.2, 0.25) is 0 Å². The van der Waals surface area contributed by atoms with E-state index in [9.17, 15) is 4.39 Å². The molecule has 1 nitrogen and oxygen atoms in total.